The van der Waals surface area contributed by atoms with Crippen molar-refractivity contribution < 1.29 is 9.53 Å². The summed E-state index contributed by atoms with van der Waals surface area (Å²) < 4.78 is 5.21. The molecule has 2 aromatic carbocycles. The maximum Gasteiger partial charge on any atom is 0.209 e. The van der Waals surface area contributed by atoms with Gasteiger partial charge in [0, 0.05) is 21.9 Å². The van der Waals surface area contributed by atoms with Crippen molar-refractivity contribution in [3.05, 3.63) is 58.9 Å². The number of nitrogens with one attached hydrogen (secondary N) is 2. The molecule has 6 heteroatoms. The molecule has 5 nitrogen and oxygen atoms in total. The van der Waals surface area contributed by atoms with E-state index in [4.69, 9.17) is 16.3 Å². The Labute approximate surface area is 136 Å². The SMILES string of the molecule is COc1ccc2[nH]c(C(=O)c3ccc4[nH]ncc4c3)cc2c1Cl. The number of rotatable bonds is 3. The highest BCUT2D eigenvalue weighted by Crippen LogP contribution is 2.33. The van der Waals surface area contributed by atoms with Crippen LogP contribution in [0.1, 0.15) is 16.1 Å². The van der Waals surface area contributed by atoms with Gasteiger partial charge >= 0.3 is 0 Å². The van der Waals surface area contributed by atoms with Crippen LogP contribution >= 0.6 is 11.6 Å². The first-order valence-corrected chi connectivity index (χ1v) is 7.38. The number of carbonyl (C=O) groups is 1. The van der Waals surface area contributed by atoms with Crippen LogP contribution in [0.2, 0.25) is 5.02 Å². The lowest BCUT2D eigenvalue weighted by molar-refractivity contribution is 0.103. The molecule has 0 unspecified atom stereocenters. The maximum absolute atomic E-state index is 12.7. The number of ether oxygens (including phenoxy) is 1. The van der Waals surface area contributed by atoms with Gasteiger partial charge in [-0.2, -0.15) is 5.10 Å². The monoisotopic (exact) mass is 325 g/mol. The van der Waals surface area contributed by atoms with E-state index in [0.29, 0.717) is 22.0 Å². The van der Waals surface area contributed by atoms with E-state index in [1.807, 2.05) is 18.2 Å². The molecule has 0 aliphatic carbocycles. The Morgan fingerprint density at radius 3 is 2.83 bits per heavy atom. The molecule has 2 aromatic heterocycles. The highest BCUT2D eigenvalue weighted by molar-refractivity contribution is 6.37. The molecule has 23 heavy (non-hydrogen) atoms. The quantitative estimate of drug-likeness (QED) is 0.560. The van der Waals surface area contributed by atoms with Gasteiger partial charge in [-0.05, 0) is 36.4 Å². The number of benzene rings is 2. The van der Waals surface area contributed by atoms with E-state index in [1.54, 1.807) is 31.5 Å². The Kier molecular flexibility index (Phi) is 3.09. The van der Waals surface area contributed by atoms with Gasteiger partial charge in [-0.15, -0.1) is 0 Å². The fraction of sp³-hybridized carbons (Fsp3) is 0.0588. The Balaban J connectivity index is 1.81. The van der Waals surface area contributed by atoms with Gasteiger partial charge in [0.25, 0.3) is 0 Å². The second kappa shape index (κ2) is 5.14. The van der Waals surface area contributed by atoms with E-state index in [-0.39, 0.29) is 5.78 Å². The number of nitrogens with zero attached hydrogens (tertiary/aromatic N) is 1. The van der Waals surface area contributed by atoms with Gasteiger partial charge in [-0.3, -0.25) is 9.89 Å². The molecule has 2 N–H and O–H groups in total. The lowest BCUT2D eigenvalue weighted by Gasteiger charge is -2.02. The molecular weight excluding hydrogens is 314 g/mol. The van der Waals surface area contributed by atoms with Crippen LogP contribution in [0.5, 0.6) is 5.75 Å². The summed E-state index contributed by atoms with van der Waals surface area (Å²) in [6.07, 6.45) is 1.69. The molecule has 4 aromatic rings. The Hall–Kier alpha value is -2.79. The number of methoxy groups -OCH3 is 1. The van der Waals surface area contributed by atoms with Crippen molar-refractivity contribution in [2.24, 2.45) is 0 Å². The van der Waals surface area contributed by atoms with Gasteiger partial charge in [-0.1, -0.05) is 11.6 Å². The largest absolute Gasteiger partial charge is 0.495 e. The van der Waals surface area contributed by atoms with Gasteiger partial charge in [0.2, 0.25) is 5.78 Å². The Morgan fingerprint density at radius 2 is 2.00 bits per heavy atom. The van der Waals surface area contributed by atoms with Crippen molar-refractivity contribution in [2.45, 2.75) is 0 Å². The molecule has 0 saturated heterocycles. The molecule has 0 radical (unpaired) electrons. The van der Waals surface area contributed by atoms with E-state index in [2.05, 4.69) is 15.2 Å². The van der Waals surface area contributed by atoms with Crippen LogP contribution in [0.4, 0.5) is 0 Å². The first-order valence-electron chi connectivity index (χ1n) is 7.00. The smallest absolute Gasteiger partial charge is 0.209 e. The van der Waals surface area contributed by atoms with Gasteiger partial charge in [-0.25, -0.2) is 0 Å². The predicted molar refractivity (Wildman–Crippen MR) is 89.4 cm³/mol. The topological polar surface area (TPSA) is 70.8 Å². The summed E-state index contributed by atoms with van der Waals surface area (Å²) in [5.41, 5.74) is 2.76. The third-order valence-corrected chi connectivity index (χ3v) is 4.26. The van der Waals surface area contributed by atoms with E-state index in [0.717, 1.165) is 21.8 Å². The van der Waals surface area contributed by atoms with E-state index in [9.17, 15) is 4.79 Å². The fourth-order valence-electron chi connectivity index (χ4n) is 2.67. The standard InChI is InChI=1S/C17H12ClN3O2/c1-23-15-5-4-13-11(16(15)18)7-14(20-13)17(22)9-2-3-12-10(6-9)8-19-21-12/h2-8,20H,1H3,(H,19,21). The van der Waals surface area contributed by atoms with Crippen LogP contribution in [0.15, 0.2) is 42.6 Å². The number of hydrogen-bond donors (Lipinski definition) is 2. The number of hydrogen-bond acceptors (Lipinski definition) is 3. The first-order chi connectivity index (χ1) is 11.2. The molecule has 0 amide bonds. The molecule has 4 rings (SSSR count). The molecule has 0 saturated carbocycles. The predicted octanol–water partition coefficient (Wildman–Crippen LogP) is 3.94. The first kappa shape index (κ1) is 13.8. The molecule has 0 aliphatic rings. The lowest BCUT2D eigenvalue weighted by Crippen LogP contribution is -2.01. The van der Waals surface area contributed by atoms with Crippen molar-refractivity contribution in [1.82, 2.24) is 15.2 Å². The van der Waals surface area contributed by atoms with Crippen molar-refractivity contribution >= 4 is 39.2 Å². The van der Waals surface area contributed by atoms with Crippen LogP contribution in [0, 0.1) is 0 Å². The number of H-pyrrole nitrogens is 2. The molecule has 0 atom stereocenters. The summed E-state index contributed by atoms with van der Waals surface area (Å²) in [5, 5.41) is 8.98. The number of fused-ring (bicyclic) bond motifs is 2. The number of carbonyl (C=O) groups excluding carboxylic acids is 1. The molecule has 0 bridgehead atoms. The average molecular weight is 326 g/mol. The molecule has 0 fully saturated rings. The zero-order valence-electron chi connectivity index (χ0n) is 12.2. The van der Waals surface area contributed by atoms with Crippen molar-refractivity contribution in [3.8, 4) is 5.75 Å². The van der Waals surface area contributed by atoms with Crippen molar-refractivity contribution in [2.75, 3.05) is 7.11 Å². The minimum absolute atomic E-state index is 0.0978. The summed E-state index contributed by atoms with van der Waals surface area (Å²) >= 11 is 6.30. The molecular formula is C17H12ClN3O2. The van der Waals surface area contributed by atoms with Gasteiger partial charge in [0.1, 0.15) is 5.75 Å². The summed E-state index contributed by atoms with van der Waals surface area (Å²) in [7, 11) is 1.56. The summed E-state index contributed by atoms with van der Waals surface area (Å²) in [4.78, 5) is 15.8. The van der Waals surface area contributed by atoms with E-state index >= 15 is 0 Å². The minimum atomic E-state index is -0.0978. The molecule has 0 aliphatic heterocycles. The zero-order chi connectivity index (χ0) is 16.0. The van der Waals surface area contributed by atoms with Crippen molar-refractivity contribution in [1.29, 1.82) is 0 Å². The van der Waals surface area contributed by atoms with Crippen LogP contribution in [-0.4, -0.2) is 28.1 Å². The number of ketones is 1. The molecule has 0 spiro atoms. The molecule has 114 valence electrons. The lowest BCUT2D eigenvalue weighted by atomic mass is 10.1. The van der Waals surface area contributed by atoms with Crippen LogP contribution in [0.3, 0.4) is 0 Å². The van der Waals surface area contributed by atoms with E-state index < -0.39 is 0 Å². The third-order valence-electron chi connectivity index (χ3n) is 3.87. The fourth-order valence-corrected chi connectivity index (χ4v) is 2.96. The Morgan fingerprint density at radius 1 is 1.17 bits per heavy atom. The molecule has 2 heterocycles. The van der Waals surface area contributed by atoms with Crippen LogP contribution in [-0.2, 0) is 0 Å². The normalized spacial score (nSPS) is 11.2. The average Bonchev–Trinajstić information content (AvgIpc) is 3.20. The van der Waals surface area contributed by atoms with Gasteiger partial charge in [0.05, 0.1) is 29.5 Å². The van der Waals surface area contributed by atoms with E-state index in [1.165, 1.54) is 0 Å². The van der Waals surface area contributed by atoms with Gasteiger partial charge < -0.3 is 9.72 Å². The van der Waals surface area contributed by atoms with Gasteiger partial charge in [0.15, 0.2) is 0 Å². The second-order valence-corrected chi connectivity index (χ2v) is 5.61. The summed E-state index contributed by atoms with van der Waals surface area (Å²) in [6, 6.07) is 10.8. The highest BCUT2D eigenvalue weighted by Gasteiger charge is 2.15. The van der Waals surface area contributed by atoms with Crippen LogP contribution < -0.4 is 4.74 Å². The third kappa shape index (κ3) is 2.17. The minimum Gasteiger partial charge on any atom is -0.495 e. The second-order valence-electron chi connectivity index (χ2n) is 5.23. The number of halogens is 1. The summed E-state index contributed by atoms with van der Waals surface area (Å²) in [5.74, 6) is 0.483. The van der Waals surface area contributed by atoms with Crippen LogP contribution in [0.25, 0.3) is 21.8 Å². The number of aromatic nitrogens is 3. The summed E-state index contributed by atoms with van der Waals surface area (Å²) in [6.45, 7) is 0. The zero-order valence-corrected chi connectivity index (χ0v) is 12.9. The maximum atomic E-state index is 12.7. The number of aromatic amines is 2. The highest BCUT2D eigenvalue weighted by atomic mass is 35.5. The Bertz CT molecular complexity index is 1050. The van der Waals surface area contributed by atoms with Crippen molar-refractivity contribution in [3.63, 3.8) is 0 Å².